The summed E-state index contributed by atoms with van der Waals surface area (Å²) in [6.07, 6.45) is 2.70. The molecule has 0 unspecified atom stereocenters. The van der Waals surface area contributed by atoms with E-state index in [-0.39, 0.29) is 0 Å². The minimum atomic E-state index is 0.796. The summed E-state index contributed by atoms with van der Waals surface area (Å²) in [5, 5.41) is 4.27. The number of nitrogen functional groups attached to an aromatic ring is 1. The van der Waals surface area contributed by atoms with Gasteiger partial charge in [0.2, 0.25) is 0 Å². The quantitative estimate of drug-likeness (QED) is 0.786. The standard InChI is InChI=1S/C15H23N5/c1-3-9-20-15(17-12-18-20)11-19(4-2)10-13-7-5-6-8-14(13)16/h5-8,12H,3-4,9-11,16H2,1-2H3. The van der Waals surface area contributed by atoms with Crippen LogP contribution in [-0.4, -0.2) is 26.2 Å². The van der Waals surface area contributed by atoms with Gasteiger partial charge in [-0.2, -0.15) is 5.10 Å². The monoisotopic (exact) mass is 273 g/mol. The third-order valence-electron chi connectivity index (χ3n) is 3.39. The van der Waals surface area contributed by atoms with Gasteiger partial charge in [0, 0.05) is 18.8 Å². The Labute approximate surface area is 120 Å². The number of anilines is 1. The van der Waals surface area contributed by atoms with Gasteiger partial charge < -0.3 is 5.73 Å². The number of nitrogens with zero attached hydrogens (tertiary/aromatic N) is 4. The average Bonchev–Trinajstić information content (AvgIpc) is 2.88. The van der Waals surface area contributed by atoms with Crippen molar-refractivity contribution in [2.45, 2.75) is 39.9 Å². The van der Waals surface area contributed by atoms with Crippen LogP contribution in [0, 0.1) is 0 Å². The lowest BCUT2D eigenvalue weighted by Gasteiger charge is -2.21. The van der Waals surface area contributed by atoms with Crippen LogP contribution < -0.4 is 5.73 Å². The van der Waals surface area contributed by atoms with Crippen LogP contribution in [0.4, 0.5) is 5.69 Å². The highest BCUT2D eigenvalue weighted by atomic mass is 15.3. The van der Waals surface area contributed by atoms with Crippen molar-refractivity contribution in [2.24, 2.45) is 0 Å². The SMILES string of the molecule is CCCn1ncnc1CN(CC)Cc1ccccc1N. The van der Waals surface area contributed by atoms with Gasteiger partial charge >= 0.3 is 0 Å². The summed E-state index contributed by atoms with van der Waals surface area (Å²) in [5.74, 6) is 1.02. The minimum absolute atomic E-state index is 0.796. The Morgan fingerprint density at radius 1 is 1.20 bits per heavy atom. The van der Waals surface area contributed by atoms with Gasteiger partial charge in [-0.05, 0) is 24.6 Å². The summed E-state index contributed by atoms with van der Waals surface area (Å²) in [5.41, 5.74) is 8.03. The van der Waals surface area contributed by atoms with E-state index in [1.54, 1.807) is 6.33 Å². The Balaban J connectivity index is 2.05. The molecule has 2 aromatic rings. The zero-order valence-corrected chi connectivity index (χ0v) is 12.3. The van der Waals surface area contributed by atoms with Crippen LogP contribution in [0.3, 0.4) is 0 Å². The molecule has 0 aliphatic carbocycles. The van der Waals surface area contributed by atoms with Crippen molar-refractivity contribution in [3.05, 3.63) is 42.0 Å². The molecule has 0 saturated heterocycles. The number of para-hydroxylation sites is 1. The number of nitrogens with two attached hydrogens (primary N) is 1. The first-order chi connectivity index (χ1) is 9.74. The second kappa shape index (κ2) is 7.05. The molecule has 20 heavy (non-hydrogen) atoms. The third-order valence-corrected chi connectivity index (χ3v) is 3.39. The zero-order chi connectivity index (χ0) is 14.4. The molecule has 5 nitrogen and oxygen atoms in total. The molecule has 2 N–H and O–H groups in total. The molecule has 1 aromatic carbocycles. The van der Waals surface area contributed by atoms with E-state index >= 15 is 0 Å². The third kappa shape index (κ3) is 3.57. The summed E-state index contributed by atoms with van der Waals surface area (Å²) in [6, 6.07) is 8.02. The van der Waals surface area contributed by atoms with Gasteiger partial charge in [0.1, 0.15) is 12.2 Å². The normalized spacial score (nSPS) is 11.2. The Kier molecular flexibility index (Phi) is 5.12. The first-order valence-corrected chi connectivity index (χ1v) is 7.17. The molecule has 0 amide bonds. The lowest BCUT2D eigenvalue weighted by molar-refractivity contribution is 0.258. The molecule has 108 valence electrons. The van der Waals surface area contributed by atoms with E-state index in [1.807, 2.05) is 22.9 Å². The maximum Gasteiger partial charge on any atom is 0.141 e. The molecule has 2 rings (SSSR count). The summed E-state index contributed by atoms with van der Waals surface area (Å²) >= 11 is 0. The van der Waals surface area contributed by atoms with Crippen molar-refractivity contribution in [3.8, 4) is 0 Å². The second-order valence-corrected chi connectivity index (χ2v) is 4.90. The first kappa shape index (κ1) is 14.5. The van der Waals surface area contributed by atoms with Crippen molar-refractivity contribution in [1.82, 2.24) is 19.7 Å². The second-order valence-electron chi connectivity index (χ2n) is 4.90. The molecule has 0 bridgehead atoms. The van der Waals surface area contributed by atoms with Crippen molar-refractivity contribution < 1.29 is 0 Å². The highest BCUT2D eigenvalue weighted by Crippen LogP contribution is 2.14. The van der Waals surface area contributed by atoms with Crippen LogP contribution in [-0.2, 0) is 19.6 Å². The van der Waals surface area contributed by atoms with Crippen molar-refractivity contribution >= 4 is 5.69 Å². The van der Waals surface area contributed by atoms with Crippen LogP contribution in [0.25, 0.3) is 0 Å². The van der Waals surface area contributed by atoms with Gasteiger partial charge in [-0.25, -0.2) is 9.67 Å². The Morgan fingerprint density at radius 2 is 2.00 bits per heavy atom. The average molecular weight is 273 g/mol. The molecule has 1 aromatic heterocycles. The Bertz CT molecular complexity index is 535. The molecule has 0 aliphatic heterocycles. The molecule has 0 atom stereocenters. The number of benzene rings is 1. The topological polar surface area (TPSA) is 60.0 Å². The Hall–Kier alpha value is -1.88. The van der Waals surface area contributed by atoms with Crippen molar-refractivity contribution in [3.63, 3.8) is 0 Å². The lowest BCUT2D eigenvalue weighted by Crippen LogP contribution is -2.25. The number of hydrogen-bond acceptors (Lipinski definition) is 4. The highest BCUT2D eigenvalue weighted by molar-refractivity contribution is 5.46. The smallest absolute Gasteiger partial charge is 0.141 e. The number of aryl methyl sites for hydroxylation is 1. The van der Waals surface area contributed by atoms with Crippen LogP contribution in [0.15, 0.2) is 30.6 Å². The number of hydrogen-bond donors (Lipinski definition) is 1. The van der Waals surface area contributed by atoms with E-state index in [2.05, 4.69) is 34.9 Å². The lowest BCUT2D eigenvalue weighted by atomic mass is 10.1. The van der Waals surface area contributed by atoms with E-state index in [0.29, 0.717) is 0 Å². The summed E-state index contributed by atoms with van der Waals surface area (Å²) in [7, 11) is 0. The van der Waals surface area contributed by atoms with Gasteiger partial charge in [-0.15, -0.1) is 0 Å². The number of aromatic nitrogens is 3. The van der Waals surface area contributed by atoms with E-state index < -0.39 is 0 Å². The first-order valence-electron chi connectivity index (χ1n) is 7.17. The fourth-order valence-corrected chi connectivity index (χ4v) is 2.21. The predicted octanol–water partition coefficient (Wildman–Crippen LogP) is 2.29. The van der Waals surface area contributed by atoms with Crippen molar-refractivity contribution in [1.29, 1.82) is 0 Å². The molecule has 0 saturated carbocycles. The van der Waals surface area contributed by atoms with Gasteiger partial charge in [0.05, 0.1) is 6.54 Å². The van der Waals surface area contributed by atoms with Crippen LogP contribution in [0.2, 0.25) is 0 Å². The Morgan fingerprint density at radius 3 is 2.70 bits per heavy atom. The van der Waals surface area contributed by atoms with E-state index in [1.165, 1.54) is 0 Å². The van der Waals surface area contributed by atoms with Gasteiger partial charge in [0.15, 0.2) is 0 Å². The molecule has 0 radical (unpaired) electrons. The summed E-state index contributed by atoms with van der Waals surface area (Å²) in [4.78, 5) is 6.69. The maximum atomic E-state index is 6.01. The van der Waals surface area contributed by atoms with Gasteiger partial charge in [-0.1, -0.05) is 32.0 Å². The fraction of sp³-hybridized carbons (Fsp3) is 0.467. The molecule has 0 aliphatic rings. The van der Waals surface area contributed by atoms with E-state index in [4.69, 9.17) is 5.73 Å². The molecule has 1 heterocycles. The largest absolute Gasteiger partial charge is 0.398 e. The fourth-order valence-electron chi connectivity index (χ4n) is 2.21. The maximum absolute atomic E-state index is 6.01. The molecular weight excluding hydrogens is 250 g/mol. The van der Waals surface area contributed by atoms with Crippen LogP contribution in [0.1, 0.15) is 31.7 Å². The van der Waals surface area contributed by atoms with Crippen LogP contribution in [0.5, 0.6) is 0 Å². The van der Waals surface area contributed by atoms with Gasteiger partial charge in [-0.3, -0.25) is 4.90 Å². The van der Waals surface area contributed by atoms with E-state index in [0.717, 1.165) is 49.7 Å². The molecule has 5 heteroatoms. The zero-order valence-electron chi connectivity index (χ0n) is 12.3. The minimum Gasteiger partial charge on any atom is -0.398 e. The molecule has 0 spiro atoms. The summed E-state index contributed by atoms with van der Waals surface area (Å²) < 4.78 is 1.98. The van der Waals surface area contributed by atoms with E-state index in [9.17, 15) is 0 Å². The van der Waals surface area contributed by atoms with Gasteiger partial charge in [0.25, 0.3) is 0 Å². The number of rotatable bonds is 7. The van der Waals surface area contributed by atoms with Crippen LogP contribution >= 0.6 is 0 Å². The summed E-state index contributed by atoms with van der Waals surface area (Å²) in [6.45, 7) is 7.80. The van der Waals surface area contributed by atoms with Crippen molar-refractivity contribution in [2.75, 3.05) is 12.3 Å². The molecular formula is C15H23N5. The molecule has 0 fully saturated rings. The highest BCUT2D eigenvalue weighted by Gasteiger charge is 2.11. The predicted molar refractivity (Wildman–Crippen MR) is 81.0 cm³/mol.